The van der Waals surface area contributed by atoms with Crippen LogP contribution in [0.4, 0.5) is 37.7 Å². The Morgan fingerprint density at radius 3 is 1.69 bits per heavy atom. The largest absolute Gasteiger partial charge is 0.406 e. The summed E-state index contributed by atoms with van der Waals surface area (Å²) in [6, 6.07) is 11.2. The van der Waals surface area contributed by atoms with E-state index in [1.54, 1.807) is 18.2 Å². The van der Waals surface area contributed by atoms with Crippen molar-refractivity contribution in [3.63, 3.8) is 0 Å². The summed E-state index contributed by atoms with van der Waals surface area (Å²) in [4.78, 5) is 24.7. The maximum atomic E-state index is 12.4. The van der Waals surface area contributed by atoms with Crippen molar-refractivity contribution in [2.24, 2.45) is 5.73 Å². The number of nitrogens with zero attached hydrogens (tertiary/aromatic N) is 3. The van der Waals surface area contributed by atoms with Crippen molar-refractivity contribution in [2.75, 3.05) is 22.9 Å². The lowest BCUT2D eigenvalue weighted by Gasteiger charge is -2.30. The Kier molecular flexibility index (Phi) is 7.93. The molecule has 0 aromatic heterocycles. The highest BCUT2D eigenvalue weighted by molar-refractivity contribution is 5.97. The molecule has 0 fully saturated rings. The van der Waals surface area contributed by atoms with Crippen molar-refractivity contribution in [3.8, 4) is 6.07 Å². The van der Waals surface area contributed by atoms with E-state index in [0.29, 0.717) is 36.2 Å². The van der Waals surface area contributed by atoms with Crippen LogP contribution in [-0.2, 0) is 29.0 Å². The van der Waals surface area contributed by atoms with E-state index < -0.39 is 37.3 Å². The topological polar surface area (TPSA) is 90.4 Å². The number of amides is 2. The molecule has 0 atom stereocenters. The summed E-state index contributed by atoms with van der Waals surface area (Å²) in [5.41, 5.74) is 8.69. The number of fused-ring (bicyclic) bond motifs is 2. The predicted molar refractivity (Wildman–Crippen MR) is 119 cm³/mol. The first-order valence-electron chi connectivity index (χ1n) is 10.9. The number of nitrogens with two attached hydrogens (primary N) is 1. The van der Waals surface area contributed by atoms with Gasteiger partial charge in [0.15, 0.2) is 0 Å². The molecule has 2 amide bonds. The lowest BCUT2D eigenvalue weighted by molar-refractivity contribution is -0.132. The second kappa shape index (κ2) is 10.6. The number of aryl methyl sites for hydroxylation is 2. The first-order valence-corrected chi connectivity index (χ1v) is 10.9. The highest BCUT2D eigenvalue weighted by atomic mass is 19.4. The van der Waals surface area contributed by atoms with E-state index in [-0.39, 0.29) is 18.5 Å². The van der Waals surface area contributed by atoms with E-state index in [2.05, 4.69) is 0 Å². The number of alkyl halides is 6. The third kappa shape index (κ3) is 6.75. The van der Waals surface area contributed by atoms with Gasteiger partial charge in [0.2, 0.25) is 11.8 Å². The number of hydrogen-bond donors (Lipinski definition) is 1. The minimum atomic E-state index is -4.43. The molecule has 0 unspecified atom stereocenters. The van der Waals surface area contributed by atoms with Crippen LogP contribution in [0, 0.1) is 11.3 Å². The molecular weight excluding hydrogens is 490 g/mol. The number of halogens is 6. The molecule has 0 saturated heterocycles. The average molecular weight is 512 g/mol. The van der Waals surface area contributed by atoms with Crippen LogP contribution >= 0.6 is 0 Å². The Labute approximate surface area is 202 Å². The zero-order chi connectivity index (χ0) is 26.7. The summed E-state index contributed by atoms with van der Waals surface area (Å²) in [5, 5.41) is 8.73. The lowest BCUT2D eigenvalue weighted by Crippen LogP contribution is -2.41. The maximum Gasteiger partial charge on any atom is 0.406 e. The van der Waals surface area contributed by atoms with Crippen molar-refractivity contribution >= 4 is 23.2 Å². The summed E-state index contributed by atoms with van der Waals surface area (Å²) >= 11 is 0. The molecule has 4 rings (SSSR count). The van der Waals surface area contributed by atoms with E-state index in [0.717, 1.165) is 20.9 Å². The third-order valence-corrected chi connectivity index (χ3v) is 5.66. The highest BCUT2D eigenvalue weighted by Gasteiger charge is 2.37. The second-order valence-electron chi connectivity index (χ2n) is 8.31. The molecule has 0 aliphatic carbocycles. The fourth-order valence-corrected chi connectivity index (χ4v) is 4.08. The van der Waals surface area contributed by atoms with Crippen LogP contribution in [0.25, 0.3) is 0 Å². The molecule has 0 spiro atoms. The minimum Gasteiger partial charge on any atom is -0.326 e. The number of carbonyl (C=O) groups excluding carboxylic acids is 2. The predicted octanol–water partition coefficient (Wildman–Crippen LogP) is 4.39. The van der Waals surface area contributed by atoms with E-state index in [9.17, 15) is 35.9 Å². The maximum absolute atomic E-state index is 12.4. The van der Waals surface area contributed by atoms with Crippen molar-refractivity contribution in [1.82, 2.24) is 0 Å². The zero-order valence-electron chi connectivity index (χ0n) is 18.9. The van der Waals surface area contributed by atoms with Crippen LogP contribution in [-0.4, -0.2) is 37.3 Å². The molecular formula is C24H22F6N4O2. The number of carbonyl (C=O) groups is 2. The quantitative estimate of drug-likeness (QED) is 0.618. The van der Waals surface area contributed by atoms with E-state index in [1.807, 2.05) is 6.07 Å². The van der Waals surface area contributed by atoms with Gasteiger partial charge in [0.05, 0.1) is 11.6 Å². The van der Waals surface area contributed by atoms with Gasteiger partial charge in [0, 0.05) is 30.8 Å². The van der Waals surface area contributed by atoms with Crippen molar-refractivity contribution in [1.29, 1.82) is 5.26 Å². The van der Waals surface area contributed by atoms with Gasteiger partial charge in [0.1, 0.15) is 13.1 Å². The summed E-state index contributed by atoms with van der Waals surface area (Å²) < 4.78 is 74.5. The van der Waals surface area contributed by atoms with Crippen LogP contribution in [0.15, 0.2) is 36.4 Å². The van der Waals surface area contributed by atoms with Gasteiger partial charge >= 0.3 is 12.4 Å². The van der Waals surface area contributed by atoms with Crippen molar-refractivity contribution in [2.45, 2.75) is 44.6 Å². The molecule has 36 heavy (non-hydrogen) atoms. The van der Waals surface area contributed by atoms with E-state index in [1.165, 1.54) is 18.2 Å². The van der Waals surface area contributed by atoms with Gasteiger partial charge in [-0.3, -0.25) is 9.59 Å². The molecule has 2 heterocycles. The molecule has 2 aliphatic rings. The minimum absolute atomic E-state index is 0.0396. The Morgan fingerprint density at radius 2 is 1.25 bits per heavy atom. The van der Waals surface area contributed by atoms with Gasteiger partial charge in [-0.05, 0) is 53.8 Å². The second-order valence-corrected chi connectivity index (χ2v) is 8.31. The summed E-state index contributed by atoms with van der Waals surface area (Å²) in [6.45, 7) is -2.19. The molecule has 12 heteroatoms. The lowest BCUT2D eigenvalue weighted by atomic mass is 9.98. The third-order valence-electron chi connectivity index (χ3n) is 5.66. The number of hydrogen-bond acceptors (Lipinski definition) is 4. The molecule has 2 aromatic carbocycles. The Balaban J connectivity index is 0.000000201. The van der Waals surface area contributed by atoms with Gasteiger partial charge in [-0.25, -0.2) is 0 Å². The van der Waals surface area contributed by atoms with Crippen LogP contribution < -0.4 is 15.5 Å². The molecule has 2 aliphatic heterocycles. The fourth-order valence-electron chi connectivity index (χ4n) is 4.08. The highest BCUT2D eigenvalue weighted by Crippen LogP contribution is 2.32. The summed E-state index contributed by atoms with van der Waals surface area (Å²) in [5.74, 6) is -1.02. The Morgan fingerprint density at radius 1 is 0.778 bits per heavy atom. The van der Waals surface area contributed by atoms with Crippen molar-refractivity contribution in [3.05, 3.63) is 58.7 Å². The monoisotopic (exact) mass is 512 g/mol. The van der Waals surface area contributed by atoms with E-state index in [4.69, 9.17) is 11.0 Å². The first kappa shape index (κ1) is 27.0. The van der Waals surface area contributed by atoms with Gasteiger partial charge in [-0.15, -0.1) is 0 Å². The van der Waals surface area contributed by atoms with Crippen LogP contribution in [0.5, 0.6) is 0 Å². The van der Waals surface area contributed by atoms with Gasteiger partial charge in [0.25, 0.3) is 0 Å². The number of nitriles is 1. The Bertz CT molecular complexity index is 1190. The Hall–Kier alpha value is -3.59. The molecule has 6 nitrogen and oxygen atoms in total. The first-order chi connectivity index (χ1) is 16.8. The molecule has 2 N–H and O–H groups in total. The summed E-state index contributed by atoms with van der Waals surface area (Å²) in [7, 11) is 0. The van der Waals surface area contributed by atoms with Crippen LogP contribution in [0.2, 0.25) is 0 Å². The molecule has 0 saturated carbocycles. The number of benzene rings is 2. The average Bonchev–Trinajstić information content (AvgIpc) is 2.81. The standard InChI is InChI=1S/C12H13F3N2O.C12H9F3N2O/c2*13-12(14,15)7-17-10-3-1-8(6-16)5-9(10)2-4-11(17)18/h1,3,5H,2,4,6-7,16H2;1,3,5H,2,4,7H2. The molecule has 192 valence electrons. The SMILES string of the molecule is N#Cc1ccc2c(c1)CCC(=O)N2CC(F)(F)F.NCc1ccc2c(c1)CCC(=O)N2CC(F)(F)F. The van der Waals surface area contributed by atoms with Crippen LogP contribution in [0.3, 0.4) is 0 Å². The van der Waals surface area contributed by atoms with E-state index >= 15 is 0 Å². The number of anilines is 2. The normalized spacial score (nSPS) is 15.5. The molecule has 0 radical (unpaired) electrons. The van der Waals surface area contributed by atoms with Gasteiger partial charge < -0.3 is 15.5 Å². The smallest absolute Gasteiger partial charge is 0.326 e. The van der Waals surface area contributed by atoms with Gasteiger partial charge in [-0.1, -0.05) is 12.1 Å². The fraction of sp³-hybridized carbons (Fsp3) is 0.375. The molecule has 2 aromatic rings. The van der Waals surface area contributed by atoms with Gasteiger partial charge in [-0.2, -0.15) is 31.6 Å². The zero-order valence-corrected chi connectivity index (χ0v) is 18.9. The molecule has 0 bridgehead atoms. The number of rotatable bonds is 3. The van der Waals surface area contributed by atoms with Crippen LogP contribution in [0.1, 0.15) is 35.1 Å². The van der Waals surface area contributed by atoms with Crippen molar-refractivity contribution < 1.29 is 35.9 Å². The summed E-state index contributed by atoms with van der Waals surface area (Å²) in [6.07, 6.45) is -7.83.